The molecule has 23 heavy (non-hydrogen) atoms. The first-order chi connectivity index (χ1) is 11.1. The van der Waals surface area contributed by atoms with E-state index < -0.39 is 11.8 Å². The average molecular weight is 313 g/mol. The molecule has 0 aliphatic carbocycles. The maximum Gasteiger partial charge on any atom is 0.329 e. The Morgan fingerprint density at radius 1 is 1.00 bits per heavy atom. The van der Waals surface area contributed by atoms with Crippen LogP contribution in [0.2, 0.25) is 0 Å². The second kappa shape index (κ2) is 7.84. The molecule has 0 bridgehead atoms. The zero-order valence-electron chi connectivity index (χ0n) is 12.5. The van der Waals surface area contributed by atoms with E-state index in [1.54, 1.807) is 6.92 Å². The lowest BCUT2D eigenvalue weighted by atomic mass is 10.1. The third kappa shape index (κ3) is 5.03. The van der Waals surface area contributed by atoms with Gasteiger partial charge in [0.1, 0.15) is 5.82 Å². The molecule has 2 rings (SSSR count). The fourth-order valence-electron chi connectivity index (χ4n) is 1.80. The Kier molecular flexibility index (Phi) is 5.57. The number of nitrogens with zero attached hydrogens (tertiary/aromatic N) is 1. The number of hydrogen-bond donors (Lipinski definition) is 2. The zero-order chi connectivity index (χ0) is 16.7. The third-order valence-electron chi connectivity index (χ3n) is 3.09. The largest absolute Gasteiger partial charge is 0.344 e. The van der Waals surface area contributed by atoms with Crippen molar-refractivity contribution in [1.29, 1.82) is 0 Å². The molecule has 0 heterocycles. The molecule has 0 aromatic heterocycles. The van der Waals surface area contributed by atoms with Gasteiger partial charge in [0.15, 0.2) is 0 Å². The topological polar surface area (TPSA) is 70.6 Å². The molecule has 118 valence electrons. The van der Waals surface area contributed by atoms with Gasteiger partial charge in [0, 0.05) is 6.54 Å². The first kappa shape index (κ1) is 16.4. The van der Waals surface area contributed by atoms with E-state index in [2.05, 4.69) is 15.8 Å². The van der Waals surface area contributed by atoms with Crippen molar-refractivity contribution in [1.82, 2.24) is 10.7 Å². The van der Waals surface area contributed by atoms with E-state index in [1.807, 2.05) is 30.3 Å². The first-order valence-electron chi connectivity index (χ1n) is 6.98. The van der Waals surface area contributed by atoms with Crippen LogP contribution < -0.4 is 10.7 Å². The summed E-state index contributed by atoms with van der Waals surface area (Å²) < 4.78 is 12.8. The maximum absolute atomic E-state index is 12.8. The van der Waals surface area contributed by atoms with Crippen molar-refractivity contribution < 1.29 is 14.0 Å². The summed E-state index contributed by atoms with van der Waals surface area (Å²) in [6.07, 6.45) is 0. The number of nitrogens with one attached hydrogen (secondary N) is 2. The van der Waals surface area contributed by atoms with Crippen LogP contribution in [0.4, 0.5) is 4.39 Å². The standard InChI is InChI=1S/C17H16FN3O2/c1-12(14-7-9-15(18)10-8-14)20-21-17(23)16(22)19-11-13-5-3-2-4-6-13/h2-10H,11H2,1H3,(H,19,22)(H,21,23)/b20-12+. The first-order valence-corrected chi connectivity index (χ1v) is 6.98. The summed E-state index contributed by atoms with van der Waals surface area (Å²) in [5.41, 5.74) is 4.18. The minimum absolute atomic E-state index is 0.258. The molecule has 5 nitrogen and oxygen atoms in total. The molecule has 0 aliphatic rings. The van der Waals surface area contributed by atoms with E-state index in [9.17, 15) is 14.0 Å². The number of halogens is 1. The SMILES string of the molecule is C/C(=N\NC(=O)C(=O)NCc1ccccc1)c1ccc(F)cc1. The number of amides is 2. The van der Waals surface area contributed by atoms with Crippen LogP contribution in [0.25, 0.3) is 0 Å². The lowest BCUT2D eigenvalue weighted by molar-refractivity contribution is -0.139. The zero-order valence-corrected chi connectivity index (χ0v) is 12.5. The Labute approximate surface area is 133 Å². The Bertz CT molecular complexity index is 712. The highest BCUT2D eigenvalue weighted by Crippen LogP contribution is 2.03. The van der Waals surface area contributed by atoms with Crippen molar-refractivity contribution in [3.05, 3.63) is 71.5 Å². The fourth-order valence-corrected chi connectivity index (χ4v) is 1.80. The monoisotopic (exact) mass is 313 g/mol. The molecular weight excluding hydrogens is 297 g/mol. The summed E-state index contributed by atoms with van der Waals surface area (Å²) in [5, 5.41) is 6.33. The fraction of sp³-hybridized carbons (Fsp3) is 0.118. The van der Waals surface area contributed by atoms with E-state index in [4.69, 9.17) is 0 Å². The van der Waals surface area contributed by atoms with Crippen molar-refractivity contribution in [3.63, 3.8) is 0 Å². The molecule has 0 unspecified atom stereocenters. The summed E-state index contributed by atoms with van der Waals surface area (Å²) in [6.45, 7) is 1.91. The van der Waals surface area contributed by atoms with Gasteiger partial charge in [0.05, 0.1) is 5.71 Å². The van der Waals surface area contributed by atoms with Crippen LogP contribution in [0.3, 0.4) is 0 Å². The molecule has 0 saturated heterocycles. The van der Waals surface area contributed by atoms with Gasteiger partial charge in [-0.05, 0) is 30.2 Å². The molecule has 2 aromatic carbocycles. The van der Waals surface area contributed by atoms with Crippen molar-refractivity contribution in [2.24, 2.45) is 5.10 Å². The Balaban J connectivity index is 1.87. The molecule has 0 spiro atoms. The van der Waals surface area contributed by atoms with E-state index in [0.717, 1.165) is 5.56 Å². The minimum Gasteiger partial charge on any atom is -0.344 e. The Morgan fingerprint density at radius 3 is 2.30 bits per heavy atom. The quantitative estimate of drug-likeness (QED) is 0.515. The van der Waals surface area contributed by atoms with Crippen molar-refractivity contribution in [2.75, 3.05) is 0 Å². The van der Waals surface area contributed by atoms with Gasteiger partial charge in [0.25, 0.3) is 0 Å². The molecule has 0 aliphatic heterocycles. The van der Waals surface area contributed by atoms with E-state index in [0.29, 0.717) is 11.3 Å². The summed E-state index contributed by atoms with van der Waals surface area (Å²) in [7, 11) is 0. The van der Waals surface area contributed by atoms with Gasteiger partial charge < -0.3 is 5.32 Å². The van der Waals surface area contributed by atoms with Crippen LogP contribution in [0.5, 0.6) is 0 Å². The maximum atomic E-state index is 12.8. The van der Waals surface area contributed by atoms with E-state index >= 15 is 0 Å². The Hall–Kier alpha value is -3.02. The van der Waals surface area contributed by atoms with Gasteiger partial charge in [-0.1, -0.05) is 42.5 Å². The predicted molar refractivity (Wildman–Crippen MR) is 85.0 cm³/mol. The summed E-state index contributed by atoms with van der Waals surface area (Å²) in [4.78, 5) is 23.3. The van der Waals surface area contributed by atoms with Gasteiger partial charge in [-0.2, -0.15) is 5.10 Å². The highest BCUT2D eigenvalue weighted by molar-refractivity contribution is 6.35. The number of hydrazone groups is 1. The van der Waals surface area contributed by atoms with Crippen molar-refractivity contribution >= 4 is 17.5 Å². The number of carbonyl (C=O) groups excluding carboxylic acids is 2. The van der Waals surface area contributed by atoms with Gasteiger partial charge >= 0.3 is 11.8 Å². The van der Waals surface area contributed by atoms with Crippen molar-refractivity contribution in [3.8, 4) is 0 Å². The second-order valence-electron chi connectivity index (χ2n) is 4.81. The molecule has 0 fully saturated rings. The highest BCUT2D eigenvalue weighted by atomic mass is 19.1. The van der Waals surface area contributed by atoms with Crippen LogP contribution in [0.15, 0.2) is 59.7 Å². The smallest absolute Gasteiger partial charge is 0.329 e. The number of carbonyl (C=O) groups is 2. The van der Waals surface area contributed by atoms with Crippen LogP contribution in [0.1, 0.15) is 18.1 Å². The van der Waals surface area contributed by atoms with Crippen molar-refractivity contribution in [2.45, 2.75) is 13.5 Å². The normalized spacial score (nSPS) is 11.0. The number of rotatable bonds is 4. The van der Waals surface area contributed by atoms with Gasteiger partial charge in [-0.15, -0.1) is 0 Å². The molecule has 0 radical (unpaired) electrons. The molecule has 0 atom stereocenters. The molecular formula is C17H16FN3O2. The van der Waals surface area contributed by atoms with Gasteiger partial charge in [-0.25, -0.2) is 9.82 Å². The molecule has 2 aromatic rings. The minimum atomic E-state index is -0.859. The van der Waals surface area contributed by atoms with Crippen LogP contribution in [0, 0.1) is 5.82 Å². The lowest BCUT2D eigenvalue weighted by Gasteiger charge is -2.05. The average Bonchev–Trinajstić information content (AvgIpc) is 2.58. The molecule has 6 heteroatoms. The Morgan fingerprint density at radius 2 is 1.65 bits per heavy atom. The van der Waals surface area contributed by atoms with Crippen LogP contribution in [-0.4, -0.2) is 17.5 Å². The molecule has 2 amide bonds. The lowest BCUT2D eigenvalue weighted by Crippen LogP contribution is -2.37. The highest BCUT2D eigenvalue weighted by Gasteiger charge is 2.12. The summed E-state index contributed by atoms with van der Waals surface area (Å²) >= 11 is 0. The molecule has 2 N–H and O–H groups in total. The number of hydrogen-bond acceptors (Lipinski definition) is 3. The van der Waals surface area contributed by atoms with Crippen LogP contribution >= 0.6 is 0 Å². The van der Waals surface area contributed by atoms with E-state index in [1.165, 1.54) is 24.3 Å². The summed E-state index contributed by atoms with van der Waals surface area (Å²) in [5.74, 6) is -1.99. The van der Waals surface area contributed by atoms with Gasteiger partial charge in [0.2, 0.25) is 0 Å². The number of benzene rings is 2. The molecule has 0 saturated carbocycles. The van der Waals surface area contributed by atoms with Crippen LogP contribution in [-0.2, 0) is 16.1 Å². The predicted octanol–water partition coefficient (Wildman–Crippen LogP) is 1.98. The third-order valence-corrected chi connectivity index (χ3v) is 3.09. The summed E-state index contributed by atoms with van der Waals surface area (Å²) in [6, 6.07) is 14.9. The van der Waals surface area contributed by atoms with Gasteiger partial charge in [-0.3, -0.25) is 9.59 Å². The van der Waals surface area contributed by atoms with E-state index in [-0.39, 0.29) is 12.4 Å². The second-order valence-corrected chi connectivity index (χ2v) is 4.81.